The van der Waals surface area contributed by atoms with Crippen LogP contribution >= 0.6 is 24.0 Å². The molecule has 0 heterocycles. The highest BCUT2D eigenvalue weighted by atomic mass is 127. The molecule has 0 bridgehead atoms. The van der Waals surface area contributed by atoms with Crippen LogP contribution in [0.25, 0.3) is 0 Å². The van der Waals surface area contributed by atoms with Crippen LogP contribution in [0.1, 0.15) is 18.1 Å². The molecule has 4 N–H and O–H groups in total. The number of amides is 1. The molecule has 0 atom stereocenters. The van der Waals surface area contributed by atoms with Crippen LogP contribution in [0.3, 0.4) is 0 Å². The third-order valence-electron chi connectivity index (χ3n) is 3.57. The summed E-state index contributed by atoms with van der Waals surface area (Å²) in [4.78, 5) is 15.6. The fraction of sp³-hybridized carbons (Fsp3) is 0.263. The van der Waals surface area contributed by atoms with Crippen molar-refractivity contribution in [2.75, 3.05) is 19.0 Å². The number of hydrogen-bond acceptors (Lipinski definition) is 3. The Morgan fingerprint density at radius 1 is 1.15 bits per heavy atom. The zero-order chi connectivity index (χ0) is 18.1. The first-order valence-electron chi connectivity index (χ1n) is 8.10. The highest BCUT2D eigenvalue weighted by Gasteiger charge is 2.06. The van der Waals surface area contributed by atoms with E-state index >= 15 is 0 Å². The summed E-state index contributed by atoms with van der Waals surface area (Å²) >= 11 is 0. The fourth-order valence-corrected chi connectivity index (χ4v) is 2.35. The molecule has 0 aliphatic rings. The molecule has 140 valence electrons. The first kappa shape index (κ1) is 21.8. The van der Waals surface area contributed by atoms with E-state index in [1.807, 2.05) is 30.3 Å². The van der Waals surface area contributed by atoms with Crippen LogP contribution in [0.2, 0.25) is 0 Å². The molecule has 0 aliphatic carbocycles. The van der Waals surface area contributed by atoms with Gasteiger partial charge in [-0.1, -0.05) is 36.4 Å². The van der Waals surface area contributed by atoms with E-state index in [-0.39, 0.29) is 29.9 Å². The van der Waals surface area contributed by atoms with Crippen molar-refractivity contribution >= 4 is 41.5 Å². The summed E-state index contributed by atoms with van der Waals surface area (Å²) in [5.74, 6) is 0.853. The zero-order valence-electron chi connectivity index (χ0n) is 15.0. The van der Waals surface area contributed by atoms with Crippen molar-refractivity contribution in [1.82, 2.24) is 5.32 Å². The van der Waals surface area contributed by atoms with Crippen LogP contribution < -0.4 is 21.1 Å². The van der Waals surface area contributed by atoms with Crippen molar-refractivity contribution in [3.05, 3.63) is 59.7 Å². The summed E-state index contributed by atoms with van der Waals surface area (Å²) < 4.78 is 5.23. The van der Waals surface area contributed by atoms with Crippen molar-refractivity contribution in [3.8, 4) is 5.75 Å². The van der Waals surface area contributed by atoms with Crippen LogP contribution in [-0.4, -0.2) is 25.5 Å². The van der Waals surface area contributed by atoms with Crippen LogP contribution in [-0.2, 0) is 17.8 Å². The van der Waals surface area contributed by atoms with E-state index in [9.17, 15) is 4.79 Å². The van der Waals surface area contributed by atoms with Crippen molar-refractivity contribution in [1.29, 1.82) is 0 Å². The number of hydrogen-bond donors (Lipinski definition) is 3. The standard InChI is InChI=1S/C19H24N4O2.HI/c1-14(24)23-17-12-16(8-9-18(17)25-2)13-22-19(20)21-11-10-15-6-4-3-5-7-15;/h3-9,12H,10-11,13H2,1-2H3,(H,23,24)(H3,20,21,22);1H. The number of methoxy groups -OCH3 is 1. The van der Waals surface area contributed by atoms with Crippen LogP contribution in [0.5, 0.6) is 5.75 Å². The topological polar surface area (TPSA) is 88.7 Å². The molecule has 2 aromatic carbocycles. The maximum Gasteiger partial charge on any atom is 0.221 e. The number of halogens is 1. The molecular formula is C19H25IN4O2. The number of carbonyl (C=O) groups excluding carboxylic acids is 1. The Morgan fingerprint density at radius 2 is 1.88 bits per heavy atom. The molecule has 0 saturated carbocycles. The summed E-state index contributed by atoms with van der Waals surface area (Å²) in [5, 5.41) is 5.85. The summed E-state index contributed by atoms with van der Waals surface area (Å²) in [6, 6.07) is 15.7. The van der Waals surface area contributed by atoms with Gasteiger partial charge >= 0.3 is 0 Å². The molecule has 2 rings (SSSR count). The second-order valence-corrected chi connectivity index (χ2v) is 5.58. The van der Waals surface area contributed by atoms with Gasteiger partial charge in [-0.05, 0) is 29.7 Å². The summed E-state index contributed by atoms with van der Waals surface area (Å²) in [6.07, 6.45) is 0.881. The second kappa shape index (κ2) is 11.3. The van der Waals surface area contributed by atoms with Gasteiger partial charge in [0, 0.05) is 13.5 Å². The van der Waals surface area contributed by atoms with Crippen LogP contribution in [0, 0.1) is 0 Å². The molecule has 0 unspecified atom stereocenters. The van der Waals surface area contributed by atoms with E-state index in [0.717, 1.165) is 18.5 Å². The number of nitrogens with one attached hydrogen (secondary N) is 2. The molecule has 0 radical (unpaired) electrons. The molecule has 0 aliphatic heterocycles. The number of nitrogens with two attached hydrogens (primary N) is 1. The van der Waals surface area contributed by atoms with E-state index < -0.39 is 0 Å². The van der Waals surface area contributed by atoms with Crippen molar-refractivity contribution in [3.63, 3.8) is 0 Å². The van der Waals surface area contributed by atoms with E-state index in [0.29, 0.717) is 23.9 Å². The van der Waals surface area contributed by atoms with Gasteiger partial charge in [0.1, 0.15) is 5.75 Å². The Hall–Kier alpha value is -2.29. The van der Waals surface area contributed by atoms with E-state index in [1.54, 1.807) is 13.2 Å². The number of rotatable bonds is 7. The second-order valence-electron chi connectivity index (χ2n) is 5.58. The molecule has 6 nitrogen and oxygen atoms in total. The Morgan fingerprint density at radius 3 is 2.54 bits per heavy atom. The Labute approximate surface area is 171 Å². The Bertz CT molecular complexity index is 736. The average Bonchev–Trinajstić information content (AvgIpc) is 2.60. The lowest BCUT2D eigenvalue weighted by molar-refractivity contribution is -0.114. The lowest BCUT2D eigenvalue weighted by Gasteiger charge is -2.10. The molecule has 0 spiro atoms. The summed E-state index contributed by atoms with van der Waals surface area (Å²) in [5.41, 5.74) is 8.70. The first-order chi connectivity index (χ1) is 12.1. The minimum atomic E-state index is -0.152. The molecule has 0 fully saturated rings. The van der Waals surface area contributed by atoms with Crippen molar-refractivity contribution in [2.45, 2.75) is 19.9 Å². The van der Waals surface area contributed by atoms with Gasteiger partial charge in [-0.25, -0.2) is 4.99 Å². The summed E-state index contributed by atoms with van der Waals surface area (Å²) in [6.45, 7) is 2.60. The van der Waals surface area contributed by atoms with Gasteiger partial charge in [-0.15, -0.1) is 24.0 Å². The number of aliphatic imine (C=N–C) groups is 1. The summed E-state index contributed by atoms with van der Waals surface area (Å²) in [7, 11) is 1.56. The zero-order valence-corrected chi connectivity index (χ0v) is 17.3. The lowest BCUT2D eigenvalue weighted by atomic mass is 10.1. The van der Waals surface area contributed by atoms with E-state index in [1.165, 1.54) is 12.5 Å². The lowest BCUT2D eigenvalue weighted by Crippen LogP contribution is -2.33. The van der Waals surface area contributed by atoms with E-state index in [2.05, 4.69) is 27.8 Å². The van der Waals surface area contributed by atoms with Gasteiger partial charge in [0.25, 0.3) is 0 Å². The van der Waals surface area contributed by atoms with E-state index in [4.69, 9.17) is 10.5 Å². The molecule has 2 aromatic rings. The average molecular weight is 468 g/mol. The molecule has 26 heavy (non-hydrogen) atoms. The first-order valence-corrected chi connectivity index (χ1v) is 8.10. The van der Waals surface area contributed by atoms with Crippen molar-refractivity contribution in [2.24, 2.45) is 10.7 Å². The van der Waals surface area contributed by atoms with Gasteiger partial charge in [-0.3, -0.25) is 4.79 Å². The molecular weight excluding hydrogens is 443 g/mol. The predicted molar refractivity (Wildman–Crippen MR) is 116 cm³/mol. The largest absolute Gasteiger partial charge is 0.495 e. The van der Waals surface area contributed by atoms with Crippen molar-refractivity contribution < 1.29 is 9.53 Å². The number of nitrogens with zero attached hydrogens (tertiary/aromatic N) is 1. The van der Waals surface area contributed by atoms with Crippen LogP contribution in [0.4, 0.5) is 5.69 Å². The maximum atomic E-state index is 11.3. The molecule has 0 saturated heterocycles. The minimum absolute atomic E-state index is 0. The predicted octanol–water partition coefficient (Wildman–Crippen LogP) is 2.92. The fourth-order valence-electron chi connectivity index (χ4n) is 2.35. The number of guanidine groups is 1. The third kappa shape index (κ3) is 7.30. The quantitative estimate of drug-likeness (QED) is 0.331. The third-order valence-corrected chi connectivity index (χ3v) is 3.57. The monoisotopic (exact) mass is 468 g/mol. The van der Waals surface area contributed by atoms with Gasteiger partial charge in [0.05, 0.1) is 19.3 Å². The van der Waals surface area contributed by atoms with Gasteiger partial charge < -0.3 is 21.1 Å². The highest BCUT2D eigenvalue weighted by molar-refractivity contribution is 14.0. The Kier molecular flexibility index (Phi) is 9.50. The Balaban J connectivity index is 0.00000338. The highest BCUT2D eigenvalue weighted by Crippen LogP contribution is 2.25. The number of carbonyl (C=O) groups is 1. The van der Waals surface area contributed by atoms with Crippen LogP contribution in [0.15, 0.2) is 53.5 Å². The normalized spacial score (nSPS) is 10.6. The molecule has 7 heteroatoms. The molecule has 1 amide bonds. The van der Waals surface area contributed by atoms with Gasteiger partial charge in [-0.2, -0.15) is 0 Å². The van der Waals surface area contributed by atoms with Gasteiger partial charge in [0.2, 0.25) is 5.91 Å². The SMILES string of the molecule is COc1ccc(CN=C(N)NCCc2ccccc2)cc1NC(C)=O.I. The van der Waals surface area contributed by atoms with Gasteiger partial charge in [0.15, 0.2) is 5.96 Å². The number of anilines is 1. The maximum absolute atomic E-state index is 11.3. The number of benzene rings is 2. The minimum Gasteiger partial charge on any atom is -0.495 e. The molecule has 0 aromatic heterocycles. The smallest absolute Gasteiger partial charge is 0.221 e. The number of ether oxygens (including phenoxy) is 1.